The summed E-state index contributed by atoms with van der Waals surface area (Å²) in [4.78, 5) is 4.05. The van der Waals surface area contributed by atoms with Crippen LogP contribution < -0.4 is 4.72 Å². The number of nitrogens with zero attached hydrogens (tertiary/aromatic N) is 2. The number of benzene rings is 1. The van der Waals surface area contributed by atoms with Gasteiger partial charge in [-0.05, 0) is 30.5 Å². The van der Waals surface area contributed by atoms with Crippen LogP contribution in [-0.2, 0) is 17.1 Å². The molecule has 0 aliphatic heterocycles. The molecule has 0 atom stereocenters. The number of hydrogen-bond donors (Lipinski definition) is 1. The van der Waals surface area contributed by atoms with Crippen LogP contribution in [0.15, 0.2) is 35.5 Å². The number of hydrogen-bond acceptors (Lipinski definition) is 3. The van der Waals surface area contributed by atoms with E-state index in [1.807, 2.05) is 18.2 Å². The molecule has 0 radical (unpaired) electrons. The molecule has 20 heavy (non-hydrogen) atoms. The molecule has 0 spiro atoms. The predicted octanol–water partition coefficient (Wildman–Crippen LogP) is 2.65. The first-order valence-electron chi connectivity index (χ1n) is 6.42. The summed E-state index contributed by atoms with van der Waals surface area (Å²) in [5.74, 6) is 0.998. The minimum absolute atomic E-state index is 0.0347. The van der Waals surface area contributed by atoms with E-state index in [-0.39, 0.29) is 5.03 Å². The molecule has 6 heteroatoms. The van der Waals surface area contributed by atoms with Gasteiger partial charge in [0.1, 0.15) is 5.82 Å². The zero-order valence-corrected chi connectivity index (χ0v) is 12.9. The average molecular weight is 293 g/mol. The average Bonchev–Trinajstić information content (AvgIpc) is 2.70. The van der Waals surface area contributed by atoms with Crippen molar-refractivity contribution in [2.75, 3.05) is 4.72 Å². The van der Waals surface area contributed by atoms with Crippen molar-refractivity contribution in [2.45, 2.75) is 31.7 Å². The molecular weight excluding hydrogens is 274 g/mol. The van der Waals surface area contributed by atoms with Crippen LogP contribution in [0.2, 0.25) is 0 Å². The second-order valence-electron chi connectivity index (χ2n) is 5.12. The summed E-state index contributed by atoms with van der Waals surface area (Å²) in [5.41, 5.74) is 1.64. The van der Waals surface area contributed by atoms with Crippen molar-refractivity contribution in [2.24, 2.45) is 7.05 Å². The normalized spacial score (nSPS) is 11.8. The topological polar surface area (TPSA) is 64.0 Å². The number of nitrogens with one attached hydrogen (secondary N) is 1. The summed E-state index contributed by atoms with van der Waals surface area (Å²) in [6.45, 7) is 5.89. The van der Waals surface area contributed by atoms with Crippen molar-refractivity contribution < 1.29 is 8.42 Å². The largest absolute Gasteiger partial charge is 0.337 e. The van der Waals surface area contributed by atoms with Crippen molar-refractivity contribution in [1.29, 1.82) is 0 Å². The fourth-order valence-electron chi connectivity index (χ4n) is 1.82. The third-order valence-electron chi connectivity index (χ3n) is 3.17. The van der Waals surface area contributed by atoms with E-state index in [4.69, 9.17) is 0 Å². The third kappa shape index (κ3) is 3.01. The first kappa shape index (κ1) is 14.6. The van der Waals surface area contributed by atoms with E-state index in [0.29, 0.717) is 17.4 Å². The first-order valence-corrected chi connectivity index (χ1v) is 7.90. The van der Waals surface area contributed by atoms with Crippen molar-refractivity contribution in [1.82, 2.24) is 9.55 Å². The predicted molar refractivity (Wildman–Crippen MR) is 79.3 cm³/mol. The Morgan fingerprint density at radius 3 is 2.55 bits per heavy atom. The lowest BCUT2D eigenvalue weighted by Gasteiger charge is -2.09. The summed E-state index contributed by atoms with van der Waals surface area (Å²) >= 11 is 0. The van der Waals surface area contributed by atoms with Gasteiger partial charge in [-0.25, -0.2) is 4.98 Å². The zero-order valence-electron chi connectivity index (χ0n) is 12.1. The third-order valence-corrected chi connectivity index (χ3v) is 4.42. The van der Waals surface area contributed by atoms with E-state index in [2.05, 4.69) is 23.6 Å². The fourth-order valence-corrected chi connectivity index (χ4v) is 2.92. The Labute approximate surface area is 119 Å². The molecule has 2 aromatic rings. The van der Waals surface area contributed by atoms with E-state index in [1.54, 1.807) is 24.6 Å². The standard InChI is InChI=1S/C14H19N3O2S/c1-10(2)12-6-5-7-13(8-12)16-20(18,19)14-9-17(4)11(3)15-14/h5-10,16H,1-4H3. The number of aromatic nitrogens is 2. The van der Waals surface area contributed by atoms with Gasteiger partial charge >= 0.3 is 0 Å². The molecule has 1 N–H and O–H groups in total. The SMILES string of the molecule is Cc1nc(S(=O)(=O)Nc2cccc(C(C)C)c2)cn1C. The number of aryl methyl sites for hydroxylation is 2. The molecule has 1 heterocycles. The highest BCUT2D eigenvalue weighted by Gasteiger charge is 2.18. The maximum absolute atomic E-state index is 12.3. The maximum Gasteiger partial charge on any atom is 0.280 e. The maximum atomic E-state index is 12.3. The van der Waals surface area contributed by atoms with E-state index in [1.165, 1.54) is 6.20 Å². The molecule has 2 rings (SSSR count). The molecule has 0 saturated heterocycles. The van der Waals surface area contributed by atoms with Crippen molar-refractivity contribution in [3.8, 4) is 0 Å². The Morgan fingerprint density at radius 2 is 2.00 bits per heavy atom. The zero-order chi connectivity index (χ0) is 14.9. The number of anilines is 1. The van der Waals surface area contributed by atoms with Gasteiger partial charge in [0, 0.05) is 18.9 Å². The highest BCUT2D eigenvalue weighted by atomic mass is 32.2. The molecule has 0 bridgehead atoms. The highest BCUT2D eigenvalue weighted by Crippen LogP contribution is 2.21. The smallest absolute Gasteiger partial charge is 0.280 e. The van der Waals surface area contributed by atoms with E-state index in [0.717, 1.165) is 5.56 Å². The number of rotatable bonds is 4. The second kappa shape index (κ2) is 5.28. The van der Waals surface area contributed by atoms with Crippen LogP contribution in [0.1, 0.15) is 31.2 Å². The molecule has 0 amide bonds. The van der Waals surface area contributed by atoms with Gasteiger partial charge in [0.05, 0.1) is 0 Å². The molecule has 5 nitrogen and oxygen atoms in total. The monoisotopic (exact) mass is 293 g/mol. The van der Waals surface area contributed by atoms with Crippen LogP contribution in [0.5, 0.6) is 0 Å². The lowest BCUT2D eigenvalue weighted by Crippen LogP contribution is -2.13. The Kier molecular flexibility index (Phi) is 3.85. The van der Waals surface area contributed by atoms with Crippen molar-refractivity contribution >= 4 is 15.7 Å². The quantitative estimate of drug-likeness (QED) is 0.942. The number of imidazole rings is 1. The summed E-state index contributed by atoms with van der Waals surface area (Å²) in [7, 11) is -1.87. The molecule has 1 aromatic heterocycles. The van der Waals surface area contributed by atoms with Crippen LogP contribution in [0.4, 0.5) is 5.69 Å². The molecule has 0 fully saturated rings. The van der Waals surface area contributed by atoms with Crippen molar-refractivity contribution in [3.63, 3.8) is 0 Å². The van der Waals surface area contributed by atoms with Gasteiger partial charge < -0.3 is 4.57 Å². The van der Waals surface area contributed by atoms with E-state index >= 15 is 0 Å². The van der Waals surface area contributed by atoms with Gasteiger partial charge in [-0.2, -0.15) is 8.42 Å². The van der Waals surface area contributed by atoms with E-state index < -0.39 is 10.0 Å². The van der Waals surface area contributed by atoms with Crippen LogP contribution in [-0.4, -0.2) is 18.0 Å². The lowest BCUT2D eigenvalue weighted by molar-refractivity contribution is 0.598. The summed E-state index contributed by atoms with van der Waals surface area (Å²) in [5, 5.41) is 0.0347. The molecule has 1 aromatic carbocycles. The van der Waals surface area contributed by atoms with Crippen LogP contribution in [0.25, 0.3) is 0 Å². The Morgan fingerprint density at radius 1 is 1.30 bits per heavy atom. The van der Waals surface area contributed by atoms with Crippen LogP contribution in [0, 0.1) is 6.92 Å². The minimum atomic E-state index is -3.64. The summed E-state index contributed by atoms with van der Waals surface area (Å²) in [6, 6.07) is 7.40. The van der Waals surface area contributed by atoms with Gasteiger partial charge in [-0.3, -0.25) is 4.72 Å². The highest BCUT2D eigenvalue weighted by molar-refractivity contribution is 7.92. The van der Waals surface area contributed by atoms with Crippen molar-refractivity contribution in [3.05, 3.63) is 41.9 Å². The second-order valence-corrected chi connectivity index (χ2v) is 6.75. The molecule has 0 unspecified atom stereocenters. The minimum Gasteiger partial charge on any atom is -0.337 e. The van der Waals surface area contributed by atoms with Gasteiger partial charge in [0.15, 0.2) is 5.03 Å². The Bertz CT molecular complexity index is 698. The number of sulfonamides is 1. The van der Waals surface area contributed by atoms with Crippen LogP contribution in [0.3, 0.4) is 0 Å². The molecular formula is C14H19N3O2S. The summed E-state index contributed by atoms with van der Waals surface area (Å²) in [6.07, 6.45) is 1.50. The van der Waals surface area contributed by atoms with Gasteiger partial charge in [0.25, 0.3) is 10.0 Å². The van der Waals surface area contributed by atoms with Crippen LogP contribution >= 0.6 is 0 Å². The molecule has 0 aliphatic carbocycles. The van der Waals surface area contributed by atoms with E-state index in [9.17, 15) is 8.42 Å². The Hall–Kier alpha value is -1.82. The molecule has 108 valence electrons. The van der Waals surface area contributed by atoms with Gasteiger partial charge in [-0.1, -0.05) is 26.0 Å². The fraction of sp³-hybridized carbons (Fsp3) is 0.357. The molecule has 0 aliphatic rings. The summed E-state index contributed by atoms with van der Waals surface area (Å²) < 4.78 is 28.8. The first-order chi connectivity index (χ1) is 9.29. The lowest BCUT2D eigenvalue weighted by atomic mass is 10.0. The molecule has 0 saturated carbocycles. The van der Waals surface area contributed by atoms with Gasteiger partial charge in [-0.15, -0.1) is 0 Å². The Balaban J connectivity index is 2.31. The van der Waals surface area contributed by atoms with Gasteiger partial charge in [0.2, 0.25) is 0 Å².